The lowest BCUT2D eigenvalue weighted by molar-refractivity contribution is -0.870. The van der Waals surface area contributed by atoms with Gasteiger partial charge in [-0.3, -0.25) is 0 Å². The average molecular weight is 311 g/mol. The summed E-state index contributed by atoms with van der Waals surface area (Å²) in [5, 5.41) is 3.84. The zero-order valence-electron chi connectivity index (χ0n) is 14.7. The quantitative estimate of drug-likeness (QED) is 0.810. The fourth-order valence-electron chi connectivity index (χ4n) is 1.40. The van der Waals surface area contributed by atoms with Gasteiger partial charge in [-0.25, -0.2) is 9.37 Å². The number of rotatable bonds is 4. The summed E-state index contributed by atoms with van der Waals surface area (Å²) < 4.78 is 18.7. The first-order valence-corrected chi connectivity index (χ1v) is 7.69. The number of hydrogen-bond acceptors (Lipinski definition) is 4. The van der Waals surface area contributed by atoms with Crippen molar-refractivity contribution >= 4 is 0 Å². The molecule has 2 rings (SSSR count). The van der Waals surface area contributed by atoms with Crippen LogP contribution in [0.5, 0.6) is 0 Å². The molecular weight excluding hydrogens is 283 g/mol. The Bertz CT molecular complexity index is 518. The Balaban J connectivity index is 0.00000102. The molecule has 0 fully saturated rings. The lowest BCUT2D eigenvalue weighted by Gasteiger charge is -2.22. The second-order valence-electron chi connectivity index (χ2n) is 5.14. The summed E-state index contributed by atoms with van der Waals surface area (Å²) >= 11 is 0. The van der Waals surface area contributed by atoms with Crippen molar-refractivity contribution in [2.75, 3.05) is 27.7 Å². The standard InChI is InChI=1S/C12H16FN4O.2C2H6/c1-17(2,3)7-6-11-15-12(16-18-11)10-5-4-9(13)8-14-10;2*1-2/h4-5,8H,6-7H2,1-3H3;2*1-2H3/q+1;;. The molecule has 0 atom stereocenters. The molecule has 5 nitrogen and oxygen atoms in total. The minimum atomic E-state index is -0.382. The summed E-state index contributed by atoms with van der Waals surface area (Å²) in [5.41, 5.74) is 0.511. The van der Waals surface area contributed by atoms with Crippen molar-refractivity contribution in [2.24, 2.45) is 0 Å². The minimum absolute atomic E-state index is 0.382. The third-order valence-corrected chi connectivity index (χ3v) is 2.42. The first-order chi connectivity index (χ1) is 10.4. The number of likely N-dealkylation sites (N-methyl/N-ethyl adjacent to an activating group) is 1. The summed E-state index contributed by atoms with van der Waals surface area (Å²) in [4.78, 5) is 8.15. The molecule has 0 saturated heterocycles. The maximum Gasteiger partial charge on any atom is 0.232 e. The number of hydrogen-bond donors (Lipinski definition) is 0. The molecule has 0 aromatic carbocycles. The van der Waals surface area contributed by atoms with Gasteiger partial charge < -0.3 is 9.01 Å². The van der Waals surface area contributed by atoms with Crippen molar-refractivity contribution in [2.45, 2.75) is 34.1 Å². The second kappa shape index (κ2) is 10.00. The van der Waals surface area contributed by atoms with Crippen LogP contribution in [0.3, 0.4) is 0 Å². The molecule has 0 unspecified atom stereocenters. The highest BCUT2D eigenvalue weighted by molar-refractivity contribution is 5.47. The molecule has 0 aliphatic rings. The molecular formula is C16H28FN4O+. The molecule has 0 bridgehead atoms. The van der Waals surface area contributed by atoms with Crippen LogP contribution in [0.25, 0.3) is 11.5 Å². The van der Waals surface area contributed by atoms with E-state index in [1.807, 2.05) is 27.7 Å². The molecule has 124 valence electrons. The maximum atomic E-state index is 12.7. The van der Waals surface area contributed by atoms with Gasteiger partial charge in [0.25, 0.3) is 0 Å². The monoisotopic (exact) mass is 311 g/mol. The van der Waals surface area contributed by atoms with E-state index in [1.54, 1.807) is 0 Å². The molecule has 6 heteroatoms. The highest BCUT2D eigenvalue weighted by Gasteiger charge is 2.13. The zero-order valence-corrected chi connectivity index (χ0v) is 14.7. The van der Waals surface area contributed by atoms with Gasteiger partial charge in [0.2, 0.25) is 11.7 Å². The molecule has 0 amide bonds. The van der Waals surface area contributed by atoms with E-state index in [0.29, 0.717) is 23.8 Å². The van der Waals surface area contributed by atoms with Gasteiger partial charge in [-0.1, -0.05) is 32.9 Å². The fourth-order valence-corrected chi connectivity index (χ4v) is 1.40. The van der Waals surface area contributed by atoms with Crippen molar-refractivity contribution in [1.29, 1.82) is 0 Å². The van der Waals surface area contributed by atoms with Gasteiger partial charge in [0.1, 0.15) is 11.5 Å². The van der Waals surface area contributed by atoms with E-state index in [4.69, 9.17) is 4.52 Å². The highest BCUT2D eigenvalue weighted by Crippen LogP contribution is 2.13. The SMILES string of the molecule is CC.CC.C[N+](C)(C)CCc1nc(-c2ccc(F)cn2)no1. The topological polar surface area (TPSA) is 51.8 Å². The van der Waals surface area contributed by atoms with Crippen LogP contribution in [0, 0.1) is 5.82 Å². The predicted molar refractivity (Wildman–Crippen MR) is 86.8 cm³/mol. The number of pyridine rings is 1. The predicted octanol–water partition coefficient (Wildman–Crippen LogP) is 3.57. The van der Waals surface area contributed by atoms with Crippen molar-refractivity contribution in [3.05, 3.63) is 30.0 Å². The van der Waals surface area contributed by atoms with E-state index in [1.165, 1.54) is 12.1 Å². The second-order valence-corrected chi connectivity index (χ2v) is 5.14. The van der Waals surface area contributed by atoms with Crippen LogP contribution in [-0.4, -0.2) is 47.3 Å². The molecule has 0 radical (unpaired) electrons. The van der Waals surface area contributed by atoms with E-state index in [9.17, 15) is 4.39 Å². The van der Waals surface area contributed by atoms with Gasteiger partial charge in [0.15, 0.2) is 0 Å². The number of nitrogens with zero attached hydrogens (tertiary/aromatic N) is 4. The van der Waals surface area contributed by atoms with E-state index in [2.05, 4.69) is 36.3 Å². The highest BCUT2D eigenvalue weighted by atomic mass is 19.1. The van der Waals surface area contributed by atoms with Gasteiger partial charge in [-0.15, -0.1) is 0 Å². The molecule has 0 spiro atoms. The van der Waals surface area contributed by atoms with Crippen LogP contribution in [0.15, 0.2) is 22.9 Å². The Hall–Kier alpha value is -1.82. The molecule has 2 aromatic rings. The normalized spacial score (nSPS) is 10.2. The van der Waals surface area contributed by atoms with Crippen LogP contribution < -0.4 is 0 Å². The van der Waals surface area contributed by atoms with E-state index in [-0.39, 0.29) is 5.82 Å². The molecule has 0 aliphatic heterocycles. The maximum absolute atomic E-state index is 12.7. The van der Waals surface area contributed by atoms with Gasteiger partial charge in [0, 0.05) is 0 Å². The smallest absolute Gasteiger partial charge is 0.232 e. The van der Waals surface area contributed by atoms with Crippen molar-refractivity contribution in [1.82, 2.24) is 15.1 Å². The Morgan fingerprint density at radius 1 is 1.09 bits per heavy atom. The molecule has 2 aromatic heterocycles. The van der Waals surface area contributed by atoms with E-state index in [0.717, 1.165) is 17.2 Å². The van der Waals surface area contributed by atoms with Crippen molar-refractivity contribution < 1.29 is 13.4 Å². The minimum Gasteiger partial charge on any atom is -0.339 e. The molecule has 22 heavy (non-hydrogen) atoms. The fraction of sp³-hybridized carbons (Fsp3) is 0.562. The lowest BCUT2D eigenvalue weighted by atomic mass is 10.3. The molecule has 2 heterocycles. The van der Waals surface area contributed by atoms with E-state index >= 15 is 0 Å². The Morgan fingerprint density at radius 2 is 1.73 bits per heavy atom. The van der Waals surface area contributed by atoms with Crippen molar-refractivity contribution in [3.8, 4) is 11.5 Å². The van der Waals surface area contributed by atoms with Crippen LogP contribution in [0.2, 0.25) is 0 Å². The first kappa shape index (κ1) is 20.2. The Kier molecular flexibility index (Phi) is 9.17. The number of halogens is 1. The largest absolute Gasteiger partial charge is 0.339 e. The molecule has 0 N–H and O–H groups in total. The summed E-state index contributed by atoms with van der Waals surface area (Å²) in [6.07, 6.45) is 1.84. The first-order valence-electron chi connectivity index (χ1n) is 7.69. The van der Waals surface area contributed by atoms with Gasteiger partial charge in [-0.2, -0.15) is 4.98 Å². The summed E-state index contributed by atoms with van der Waals surface area (Å²) in [7, 11) is 6.29. The van der Waals surface area contributed by atoms with Gasteiger partial charge in [-0.05, 0) is 12.1 Å². The van der Waals surface area contributed by atoms with Gasteiger partial charge >= 0.3 is 0 Å². The summed E-state index contributed by atoms with van der Waals surface area (Å²) in [5.74, 6) is 0.586. The van der Waals surface area contributed by atoms with Gasteiger partial charge in [0.05, 0.1) is 40.3 Å². The van der Waals surface area contributed by atoms with E-state index < -0.39 is 0 Å². The third kappa shape index (κ3) is 7.26. The summed E-state index contributed by atoms with van der Waals surface area (Å²) in [6.45, 7) is 8.90. The van der Waals surface area contributed by atoms with Crippen molar-refractivity contribution in [3.63, 3.8) is 0 Å². The Labute approximate surface area is 132 Å². The van der Waals surface area contributed by atoms with Crippen LogP contribution in [0.4, 0.5) is 4.39 Å². The number of quaternary nitrogens is 1. The molecule has 0 saturated carbocycles. The van der Waals surface area contributed by atoms with Crippen LogP contribution >= 0.6 is 0 Å². The zero-order chi connectivity index (χ0) is 17.2. The number of aromatic nitrogens is 3. The lowest BCUT2D eigenvalue weighted by Crippen LogP contribution is -2.36. The average Bonchev–Trinajstić information content (AvgIpc) is 2.98. The van der Waals surface area contributed by atoms with Crippen LogP contribution in [0.1, 0.15) is 33.6 Å². The molecule has 0 aliphatic carbocycles. The third-order valence-electron chi connectivity index (χ3n) is 2.42. The Morgan fingerprint density at radius 3 is 2.23 bits per heavy atom. The summed E-state index contributed by atoms with van der Waals surface area (Å²) in [6, 6.07) is 2.86. The van der Waals surface area contributed by atoms with Crippen LogP contribution in [-0.2, 0) is 6.42 Å².